The summed E-state index contributed by atoms with van der Waals surface area (Å²) in [6, 6.07) is 10.1. The minimum absolute atomic E-state index is 0.107. The molecule has 6 nitrogen and oxygen atoms in total. The van der Waals surface area contributed by atoms with Crippen LogP contribution < -0.4 is 9.47 Å². The predicted molar refractivity (Wildman–Crippen MR) is 95.1 cm³/mol. The smallest absolute Gasteiger partial charge is 0.406 e. The Morgan fingerprint density at radius 2 is 1.19 bits per heavy atom. The van der Waals surface area contributed by atoms with Crippen LogP contribution >= 0.6 is 0 Å². The summed E-state index contributed by atoms with van der Waals surface area (Å²) >= 11 is 0. The standard InChI is InChI=1S/C19H10F6N2O4/c20-18(21,22)30-14-5-1-11(2-6-14)13-9-16(27(28)29)17(26-10-13)12-3-7-15(8-4-12)31-19(23,24)25/h1-10H. The highest BCUT2D eigenvalue weighted by Gasteiger charge is 2.32. The second-order valence-corrected chi connectivity index (χ2v) is 5.99. The fraction of sp³-hybridized carbons (Fsp3) is 0.105. The van der Waals surface area contributed by atoms with Crippen molar-refractivity contribution in [3.63, 3.8) is 0 Å². The summed E-state index contributed by atoms with van der Waals surface area (Å²) in [7, 11) is 0. The molecule has 162 valence electrons. The molecule has 0 unspecified atom stereocenters. The van der Waals surface area contributed by atoms with Gasteiger partial charge in [-0.3, -0.25) is 10.1 Å². The molecular weight excluding hydrogens is 434 g/mol. The van der Waals surface area contributed by atoms with Crippen molar-refractivity contribution < 1.29 is 40.7 Å². The van der Waals surface area contributed by atoms with Crippen LogP contribution in [0.15, 0.2) is 60.8 Å². The van der Waals surface area contributed by atoms with Crippen molar-refractivity contribution in [1.82, 2.24) is 4.98 Å². The molecular formula is C19H10F6N2O4. The van der Waals surface area contributed by atoms with E-state index < -0.39 is 34.8 Å². The zero-order valence-electron chi connectivity index (χ0n) is 15.1. The molecule has 0 amide bonds. The fourth-order valence-electron chi connectivity index (χ4n) is 2.64. The number of hydrogen-bond donors (Lipinski definition) is 0. The second-order valence-electron chi connectivity index (χ2n) is 5.99. The Balaban J connectivity index is 1.91. The highest BCUT2D eigenvalue weighted by molar-refractivity contribution is 5.75. The van der Waals surface area contributed by atoms with Crippen LogP contribution in [0.5, 0.6) is 11.5 Å². The van der Waals surface area contributed by atoms with Crippen LogP contribution in [0, 0.1) is 10.1 Å². The molecule has 0 atom stereocenters. The van der Waals surface area contributed by atoms with Gasteiger partial charge in [-0.25, -0.2) is 4.98 Å². The van der Waals surface area contributed by atoms with Gasteiger partial charge in [0.1, 0.15) is 17.2 Å². The molecule has 3 aromatic rings. The number of aromatic nitrogens is 1. The first-order valence-corrected chi connectivity index (χ1v) is 8.28. The third kappa shape index (κ3) is 5.84. The lowest BCUT2D eigenvalue weighted by Gasteiger charge is -2.10. The Labute approximate surface area is 169 Å². The average molecular weight is 444 g/mol. The monoisotopic (exact) mass is 444 g/mol. The van der Waals surface area contributed by atoms with Gasteiger partial charge in [0, 0.05) is 23.4 Å². The van der Waals surface area contributed by atoms with Gasteiger partial charge in [-0.2, -0.15) is 0 Å². The highest BCUT2D eigenvalue weighted by atomic mass is 19.4. The summed E-state index contributed by atoms with van der Waals surface area (Å²) in [4.78, 5) is 14.8. The maximum atomic E-state index is 12.3. The number of pyridine rings is 1. The quantitative estimate of drug-likeness (QED) is 0.269. The molecule has 0 N–H and O–H groups in total. The molecule has 31 heavy (non-hydrogen) atoms. The van der Waals surface area contributed by atoms with E-state index in [4.69, 9.17) is 0 Å². The van der Waals surface area contributed by atoms with Gasteiger partial charge in [0.15, 0.2) is 0 Å². The summed E-state index contributed by atoms with van der Waals surface area (Å²) in [6.45, 7) is 0. The summed E-state index contributed by atoms with van der Waals surface area (Å²) in [5.41, 5.74) is 0.195. The molecule has 0 saturated heterocycles. The Bertz CT molecular complexity index is 1080. The number of hydrogen-bond acceptors (Lipinski definition) is 5. The van der Waals surface area contributed by atoms with E-state index in [0.29, 0.717) is 5.56 Å². The van der Waals surface area contributed by atoms with E-state index in [1.807, 2.05) is 0 Å². The van der Waals surface area contributed by atoms with Crippen LogP contribution in [0.3, 0.4) is 0 Å². The molecule has 2 aromatic carbocycles. The van der Waals surface area contributed by atoms with E-state index in [9.17, 15) is 36.5 Å². The molecule has 0 fully saturated rings. The van der Waals surface area contributed by atoms with E-state index >= 15 is 0 Å². The van der Waals surface area contributed by atoms with Gasteiger partial charge in [0.05, 0.1) is 4.92 Å². The normalized spacial score (nSPS) is 11.8. The number of halogens is 6. The molecule has 0 spiro atoms. The van der Waals surface area contributed by atoms with E-state index in [0.717, 1.165) is 30.3 Å². The molecule has 0 aliphatic carbocycles. The minimum Gasteiger partial charge on any atom is -0.406 e. The Hall–Kier alpha value is -3.83. The van der Waals surface area contributed by atoms with Crippen LogP contribution in [0.25, 0.3) is 22.4 Å². The highest BCUT2D eigenvalue weighted by Crippen LogP contribution is 2.34. The summed E-state index contributed by atoms with van der Waals surface area (Å²) in [5, 5.41) is 11.5. The lowest BCUT2D eigenvalue weighted by atomic mass is 10.0. The van der Waals surface area contributed by atoms with Crippen LogP contribution in [0.2, 0.25) is 0 Å². The minimum atomic E-state index is -4.88. The molecule has 0 radical (unpaired) electrons. The third-order valence-electron chi connectivity index (χ3n) is 3.85. The summed E-state index contributed by atoms with van der Waals surface area (Å²) in [6.07, 6.45) is -8.49. The SMILES string of the molecule is O=[N+]([O-])c1cc(-c2ccc(OC(F)(F)F)cc2)cnc1-c1ccc(OC(F)(F)F)cc1. The molecule has 0 saturated carbocycles. The van der Waals surface area contributed by atoms with Crippen molar-refractivity contribution in [2.24, 2.45) is 0 Å². The Morgan fingerprint density at radius 1 is 0.742 bits per heavy atom. The van der Waals surface area contributed by atoms with Crippen LogP contribution in [0.4, 0.5) is 32.0 Å². The molecule has 0 aliphatic rings. The largest absolute Gasteiger partial charge is 0.573 e. The molecule has 0 bridgehead atoms. The van der Waals surface area contributed by atoms with Crippen molar-refractivity contribution in [1.29, 1.82) is 0 Å². The number of nitro groups is 1. The third-order valence-corrected chi connectivity index (χ3v) is 3.85. The van der Waals surface area contributed by atoms with Crippen LogP contribution in [-0.4, -0.2) is 22.6 Å². The van der Waals surface area contributed by atoms with Crippen molar-refractivity contribution >= 4 is 5.69 Å². The van der Waals surface area contributed by atoms with E-state index in [1.54, 1.807) is 0 Å². The van der Waals surface area contributed by atoms with E-state index in [1.165, 1.54) is 30.5 Å². The van der Waals surface area contributed by atoms with Gasteiger partial charge in [-0.15, -0.1) is 26.3 Å². The molecule has 3 rings (SSSR count). The van der Waals surface area contributed by atoms with E-state index in [2.05, 4.69) is 14.5 Å². The fourth-order valence-corrected chi connectivity index (χ4v) is 2.64. The summed E-state index contributed by atoms with van der Waals surface area (Å²) < 4.78 is 81.0. The number of rotatable bonds is 5. The second kappa shape index (κ2) is 8.13. The number of benzene rings is 2. The first kappa shape index (κ1) is 21.9. The van der Waals surface area contributed by atoms with Gasteiger partial charge < -0.3 is 9.47 Å². The van der Waals surface area contributed by atoms with Gasteiger partial charge in [-0.05, 0) is 42.0 Å². The lowest BCUT2D eigenvalue weighted by molar-refractivity contribution is -0.384. The van der Waals surface area contributed by atoms with E-state index in [-0.39, 0.29) is 16.8 Å². The number of ether oxygens (including phenoxy) is 2. The molecule has 0 aliphatic heterocycles. The first-order valence-electron chi connectivity index (χ1n) is 8.28. The first-order chi connectivity index (χ1) is 14.4. The molecule has 1 aromatic heterocycles. The van der Waals surface area contributed by atoms with Crippen LogP contribution in [0.1, 0.15) is 0 Å². The molecule has 1 heterocycles. The van der Waals surface area contributed by atoms with Crippen molar-refractivity contribution in [2.45, 2.75) is 12.7 Å². The lowest BCUT2D eigenvalue weighted by Crippen LogP contribution is -2.17. The van der Waals surface area contributed by atoms with Gasteiger partial charge in [0.25, 0.3) is 5.69 Å². The maximum Gasteiger partial charge on any atom is 0.573 e. The van der Waals surface area contributed by atoms with Gasteiger partial charge in [0.2, 0.25) is 0 Å². The zero-order chi connectivity index (χ0) is 22.8. The topological polar surface area (TPSA) is 74.5 Å². The van der Waals surface area contributed by atoms with Gasteiger partial charge in [-0.1, -0.05) is 12.1 Å². The van der Waals surface area contributed by atoms with Gasteiger partial charge >= 0.3 is 12.7 Å². The number of nitrogens with zero attached hydrogens (tertiary/aromatic N) is 2. The zero-order valence-corrected chi connectivity index (χ0v) is 15.1. The van der Waals surface area contributed by atoms with Crippen molar-refractivity contribution in [3.05, 3.63) is 70.9 Å². The van der Waals surface area contributed by atoms with Crippen molar-refractivity contribution in [2.75, 3.05) is 0 Å². The maximum absolute atomic E-state index is 12.3. The number of alkyl halides is 6. The Morgan fingerprint density at radius 3 is 1.61 bits per heavy atom. The average Bonchev–Trinajstić information content (AvgIpc) is 2.66. The summed E-state index contributed by atoms with van der Waals surface area (Å²) in [5.74, 6) is -0.965. The van der Waals surface area contributed by atoms with Crippen LogP contribution in [-0.2, 0) is 0 Å². The van der Waals surface area contributed by atoms with Crippen molar-refractivity contribution in [3.8, 4) is 33.9 Å². The predicted octanol–water partition coefficient (Wildman–Crippen LogP) is 6.12. The molecule has 12 heteroatoms. The Kier molecular flexibility index (Phi) is 5.73.